The number of benzene rings is 1. The van der Waals surface area contributed by atoms with Gasteiger partial charge in [0.1, 0.15) is 5.69 Å². The summed E-state index contributed by atoms with van der Waals surface area (Å²) in [5.41, 5.74) is 2.63. The van der Waals surface area contributed by atoms with Gasteiger partial charge in [-0.1, -0.05) is 41.6 Å². The third-order valence-corrected chi connectivity index (χ3v) is 4.89. The van der Waals surface area contributed by atoms with Crippen molar-refractivity contribution in [1.29, 1.82) is 0 Å². The van der Waals surface area contributed by atoms with Gasteiger partial charge in [-0.15, -0.1) is 10.2 Å². The molecule has 3 heterocycles. The van der Waals surface area contributed by atoms with Gasteiger partial charge < -0.3 is 5.32 Å². The van der Waals surface area contributed by atoms with Gasteiger partial charge in [-0.2, -0.15) is 9.61 Å². The number of carbonyl (C=O) groups excluding carboxylic acids is 1. The molecule has 7 nitrogen and oxygen atoms in total. The number of amides is 1. The molecule has 0 aliphatic rings. The highest BCUT2D eigenvalue weighted by Gasteiger charge is 2.12. The molecule has 0 aliphatic heterocycles. The molecule has 1 amide bonds. The van der Waals surface area contributed by atoms with E-state index in [0.29, 0.717) is 27.2 Å². The number of hydrogen-bond donors (Lipinski definition) is 1. The fourth-order valence-electron chi connectivity index (χ4n) is 2.39. The number of fused-ring (bicyclic) bond motifs is 1. The summed E-state index contributed by atoms with van der Waals surface area (Å²) in [4.78, 5) is 16.5. The van der Waals surface area contributed by atoms with Crippen molar-refractivity contribution in [3.8, 4) is 11.4 Å². The summed E-state index contributed by atoms with van der Waals surface area (Å²) in [6.45, 7) is 0. The molecule has 0 atom stereocenters. The number of para-hydroxylation sites is 1. The maximum Gasteiger partial charge on any atom is 0.234 e. The van der Waals surface area contributed by atoms with Crippen LogP contribution in [-0.4, -0.2) is 36.5 Å². The Morgan fingerprint density at radius 3 is 2.70 bits per heavy atom. The molecule has 0 saturated carbocycles. The van der Waals surface area contributed by atoms with E-state index in [1.54, 1.807) is 28.9 Å². The van der Waals surface area contributed by atoms with Crippen molar-refractivity contribution in [2.45, 2.75) is 5.16 Å². The van der Waals surface area contributed by atoms with E-state index in [4.69, 9.17) is 11.6 Å². The van der Waals surface area contributed by atoms with Crippen LogP contribution < -0.4 is 5.32 Å². The number of halogens is 1. The maximum absolute atomic E-state index is 12.2. The summed E-state index contributed by atoms with van der Waals surface area (Å²) in [7, 11) is 0. The normalized spacial score (nSPS) is 10.9. The molecule has 3 aromatic heterocycles. The molecule has 0 bridgehead atoms. The zero-order valence-corrected chi connectivity index (χ0v) is 15.5. The minimum atomic E-state index is -0.189. The third-order valence-electron chi connectivity index (χ3n) is 3.64. The third kappa shape index (κ3) is 3.91. The van der Waals surface area contributed by atoms with E-state index in [1.807, 2.05) is 36.4 Å². The number of nitrogens with zero attached hydrogens (tertiary/aromatic N) is 5. The molecule has 0 spiro atoms. The molecule has 1 aromatic carbocycles. The van der Waals surface area contributed by atoms with Crippen LogP contribution in [0.2, 0.25) is 5.02 Å². The Hall–Kier alpha value is -2.97. The lowest BCUT2D eigenvalue weighted by Gasteiger charge is -2.06. The Bertz CT molecular complexity index is 1100. The quantitative estimate of drug-likeness (QED) is 0.519. The minimum Gasteiger partial charge on any atom is -0.324 e. The smallest absolute Gasteiger partial charge is 0.234 e. The van der Waals surface area contributed by atoms with Crippen LogP contribution in [-0.2, 0) is 4.79 Å². The Labute approximate surface area is 163 Å². The number of anilines is 1. The molecule has 9 heteroatoms. The lowest BCUT2D eigenvalue weighted by atomic mass is 10.2. The van der Waals surface area contributed by atoms with Gasteiger partial charge in [0.25, 0.3) is 0 Å². The molecule has 0 aliphatic carbocycles. The lowest BCUT2D eigenvalue weighted by Crippen LogP contribution is -2.14. The van der Waals surface area contributed by atoms with Crippen molar-refractivity contribution in [3.05, 3.63) is 65.8 Å². The van der Waals surface area contributed by atoms with Gasteiger partial charge in [0.2, 0.25) is 11.1 Å². The van der Waals surface area contributed by atoms with Crippen LogP contribution in [0.3, 0.4) is 0 Å². The van der Waals surface area contributed by atoms with Gasteiger partial charge in [0.05, 0.1) is 22.2 Å². The second kappa shape index (κ2) is 7.73. The number of thioether (sulfide) groups is 1. The number of aromatic nitrogens is 5. The van der Waals surface area contributed by atoms with E-state index in [0.717, 1.165) is 5.69 Å². The molecular formula is C18H13ClN6OS. The van der Waals surface area contributed by atoms with Crippen LogP contribution in [0.4, 0.5) is 5.69 Å². The fourth-order valence-corrected chi connectivity index (χ4v) is 3.26. The first-order chi connectivity index (χ1) is 13.2. The highest BCUT2D eigenvalue weighted by Crippen LogP contribution is 2.22. The Morgan fingerprint density at radius 2 is 1.89 bits per heavy atom. The summed E-state index contributed by atoms with van der Waals surface area (Å²) in [6.07, 6.45) is 1.71. The average molecular weight is 397 g/mol. The number of carbonyl (C=O) groups is 1. The molecule has 0 radical (unpaired) electrons. The van der Waals surface area contributed by atoms with Gasteiger partial charge in [0, 0.05) is 6.20 Å². The molecule has 4 aromatic rings. The van der Waals surface area contributed by atoms with Crippen LogP contribution in [0, 0.1) is 0 Å². The highest BCUT2D eigenvalue weighted by molar-refractivity contribution is 7.99. The van der Waals surface area contributed by atoms with E-state index >= 15 is 0 Å². The van der Waals surface area contributed by atoms with Gasteiger partial charge in [0.15, 0.2) is 5.65 Å². The molecule has 0 unspecified atom stereocenters. The van der Waals surface area contributed by atoms with E-state index in [-0.39, 0.29) is 11.7 Å². The standard InChI is InChI=1S/C18H13ClN6OS/c19-12-5-1-2-6-13(12)21-17(26)11-27-18-23-22-16-9-8-15(24-25(16)18)14-7-3-4-10-20-14/h1-10H,11H2,(H,21,26). The molecular weight excluding hydrogens is 384 g/mol. The van der Waals surface area contributed by atoms with Crippen molar-refractivity contribution in [1.82, 2.24) is 24.8 Å². The van der Waals surface area contributed by atoms with Crippen LogP contribution in [0.1, 0.15) is 0 Å². The molecule has 4 rings (SSSR count). The first-order valence-electron chi connectivity index (χ1n) is 8.02. The summed E-state index contributed by atoms with van der Waals surface area (Å²) in [6, 6.07) is 16.4. The van der Waals surface area contributed by atoms with Gasteiger partial charge in [-0.3, -0.25) is 9.78 Å². The SMILES string of the molecule is O=C(CSc1nnc2ccc(-c3ccccn3)nn12)Nc1ccccc1Cl. The summed E-state index contributed by atoms with van der Waals surface area (Å²) in [5.74, 6) is -0.0349. The summed E-state index contributed by atoms with van der Waals surface area (Å²) >= 11 is 7.30. The lowest BCUT2D eigenvalue weighted by molar-refractivity contribution is -0.113. The first kappa shape index (κ1) is 17.4. The van der Waals surface area contributed by atoms with Crippen molar-refractivity contribution >= 4 is 40.6 Å². The molecule has 0 fully saturated rings. The van der Waals surface area contributed by atoms with Crippen LogP contribution in [0.5, 0.6) is 0 Å². The second-order valence-corrected chi connectivity index (χ2v) is 6.85. The predicted molar refractivity (Wildman–Crippen MR) is 105 cm³/mol. The zero-order valence-electron chi connectivity index (χ0n) is 13.9. The second-order valence-electron chi connectivity index (χ2n) is 5.50. The van der Waals surface area contributed by atoms with Gasteiger partial charge >= 0.3 is 0 Å². The van der Waals surface area contributed by atoms with Crippen LogP contribution >= 0.6 is 23.4 Å². The number of hydrogen-bond acceptors (Lipinski definition) is 6. The largest absolute Gasteiger partial charge is 0.324 e. The number of pyridine rings is 1. The first-order valence-corrected chi connectivity index (χ1v) is 9.38. The molecule has 1 N–H and O–H groups in total. The van der Waals surface area contributed by atoms with E-state index in [9.17, 15) is 4.79 Å². The Balaban J connectivity index is 1.50. The van der Waals surface area contributed by atoms with E-state index in [1.165, 1.54) is 11.8 Å². The summed E-state index contributed by atoms with van der Waals surface area (Å²) < 4.78 is 1.61. The Morgan fingerprint density at radius 1 is 1.04 bits per heavy atom. The fraction of sp³-hybridized carbons (Fsp3) is 0.0556. The highest BCUT2D eigenvalue weighted by atomic mass is 35.5. The number of nitrogens with one attached hydrogen (secondary N) is 1. The zero-order chi connectivity index (χ0) is 18.6. The van der Waals surface area contributed by atoms with Crippen LogP contribution in [0.25, 0.3) is 17.0 Å². The average Bonchev–Trinajstić information content (AvgIpc) is 3.11. The monoisotopic (exact) mass is 396 g/mol. The topological polar surface area (TPSA) is 85.1 Å². The van der Waals surface area contributed by atoms with E-state index in [2.05, 4.69) is 25.6 Å². The number of rotatable bonds is 5. The molecule has 134 valence electrons. The molecule has 27 heavy (non-hydrogen) atoms. The summed E-state index contributed by atoms with van der Waals surface area (Å²) in [5, 5.41) is 16.5. The van der Waals surface area contributed by atoms with Gasteiger partial charge in [-0.25, -0.2) is 0 Å². The predicted octanol–water partition coefficient (Wildman–Crippen LogP) is 3.57. The maximum atomic E-state index is 12.2. The van der Waals surface area contributed by atoms with Crippen LogP contribution in [0.15, 0.2) is 66.0 Å². The van der Waals surface area contributed by atoms with Crippen molar-refractivity contribution in [2.24, 2.45) is 0 Å². The Kier molecular flexibility index (Phi) is 4.99. The van der Waals surface area contributed by atoms with Gasteiger partial charge in [-0.05, 0) is 36.4 Å². The van der Waals surface area contributed by atoms with Crippen molar-refractivity contribution < 1.29 is 4.79 Å². The minimum absolute atomic E-state index is 0.154. The van der Waals surface area contributed by atoms with Crippen molar-refractivity contribution in [3.63, 3.8) is 0 Å². The van der Waals surface area contributed by atoms with E-state index < -0.39 is 0 Å². The molecule has 0 saturated heterocycles. The van der Waals surface area contributed by atoms with Crippen molar-refractivity contribution in [2.75, 3.05) is 11.1 Å².